The van der Waals surface area contributed by atoms with E-state index in [9.17, 15) is 4.79 Å². The first-order valence-corrected chi connectivity index (χ1v) is 8.90. The molecule has 4 rings (SSSR count). The number of ether oxygens (including phenoxy) is 1. The first kappa shape index (κ1) is 17.1. The van der Waals surface area contributed by atoms with Gasteiger partial charge in [-0.05, 0) is 25.0 Å². The number of benzene rings is 1. The zero-order chi connectivity index (χ0) is 18.5. The van der Waals surface area contributed by atoms with E-state index < -0.39 is 0 Å². The van der Waals surface area contributed by atoms with Gasteiger partial charge in [-0.3, -0.25) is 14.8 Å². The second kappa shape index (κ2) is 7.90. The molecule has 1 amide bonds. The van der Waals surface area contributed by atoms with E-state index in [1.165, 1.54) is 12.4 Å². The molecule has 1 saturated heterocycles. The van der Waals surface area contributed by atoms with Gasteiger partial charge in [0.15, 0.2) is 0 Å². The number of carbonyl (C=O) groups is 1. The van der Waals surface area contributed by atoms with Crippen LogP contribution in [0.15, 0.2) is 61.3 Å². The maximum Gasteiger partial charge on any atom is 0.274 e. The van der Waals surface area contributed by atoms with E-state index in [0.29, 0.717) is 24.7 Å². The number of aromatic nitrogens is 4. The molecule has 7 nitrogen and oxygen atoms in total. The fraction of sp³-hybridized carbons (Fsp3) is 0.250. The van der Waals surface area contributed by atoms with Gasteiger partial charge in [-0.25, -0.2) is 9.97 Å². The van der Waals surface area contributed by atoms with Crippen LogP contribution >= 0.6 is 0 Å². The van der Waals surface area contributed by atoms with Crippen LogP contribution in [0.2, 0.25) is 0 Å². The Labute approximate surface area is 157 Å². The van der Waals surface area contributed by atoms with Crippen LogP contribution in [0.1, 0.15) is 34.9 Å². The summed E-state index contributed by atoms with van der Waals surface area (Å²) >= 11 is 0. The molecule has 0 bridgehead atoms. The summed E-state index contributed by atoms with van der Waals surface area (Å²) in [6.07, 6.45) is 9.52. The third-order valence-electron chi connectivity index (χ3n) is 4.60. The number of nitrogens with zero attached hydrogens (tertiary/aromatic N) is 5. The average molecular weight is 361 g/mol. The van der Waals surface area contributed by atoms with Crippen molar-refractivity contribution in [2.75, 3.05) is 13.1 Å². The summed E-state index contributed by atoms with van der Waals surface area (Å²) in [5.74, 6) is 1.38. The molecule has 0 spiro atoms. The molecule has 0 unspecified atom stereocenters. The van der Waals surface area contributed by atoms with Crippen LogP contribution in [0, 0.1) is 0 Å². The molecule has 27 heavy (non-hydrogen) atoms. The first-order valence-electron chi connectivity index (χ1n) is 8.90. The van der Waals surface area contributed by atoms with E-state index in [1.54, 1.807) is 18.6 Å². The molecule has 3 aromatic rings. The highest BCUT2D eigenvalue weighted by Gasteiger charge is 2.28. The lowest BCUT2D eigenvalue weighted by Crippen LogP contribution is -2.38. The predicted molar refractivity (Wildman–Crippen MR) is 98.5 cm³/mol. The smallest absolute Gasteiger partial charge is 0.274 e. The molecule has 7 heteroatoms. The van der Waals surface area contributed by atoms with Gasteiger partial charge < -0.3 is 9.64 Å². The van der Waals surface area contributed by atoms with Crippen molar-refractivity contribution in [3.05, 3.63) is 72.7 Å². The Hall–Kier alpha value is -3.35. The zero-order valence-electron chi connectivity index (χ0n) is 14.7. The summed E-state index contributed by atoms with van der Waals surface area (Å²) in [6.45, 7) is 1.28. The number of amides is 1. The average Bonchev–Trinajstić information content (AvgIpc) is 2.75. The molecule has 0 N–H and O–H groups in total. The molecule has 0 radical (unpaired) electrons. The topological polar surface area (TPSA) is 81.1 Å². The Kier molecular flexibility index (Phi) is 5.00. The summed E-state index contributed by atoms with van der Waals surface area (Å²) in [5, 5.41) is 0. The van der Waals surface area contributed by atoms with E-state index in [4.69, 9.17) is 4.74 Å². The Morgan fingerprint density at radius 2 is 1.70 bits per heavy atom. The van der Waals surface area contributed by atoms with Gasteiger partial charge in [0.2, 0.25) is 5.88 Å². The lowest BCUT2D eigenvalue weighted by atomic mass is 9.93. The third kappa shape index (κ3) is 3.92. The van der Waals surface area contributed by atoms with Crippen molar-refractivity contribution in [1.29, 1.82) is 0 Å². The molecule has 1 aliphatic rings. The molecule has 0 atom stereocenters. The fourth-order valence-electron chi connectivity index (χ4n) is 3.22. The number of rotatable bonds is 4. The Balaban J connectivity index is 1.45. The molecule has 1 aromatic carbocycles. The highest BCUT2D eigenvalue weighted by molar-refractivity contribution is 5.92. The third-order valence-corrected chi connectivity index (χ3v) is 4.60. The van der Waals surface area contributed by atoms with Gasteiger partial charge in [0, 0.05) is 43.8 Å². The van der Waals surface area contributed by atoms with Crippen molar-refractivity contribution in [2.45, 2.75) is 18.8 Å². The fourth-order valence-corrected chi connectivity index (χ4v) is 3.22. The van der Waals surface area contributed by atoms with Crippen LogP contribution in [0.5, 0.6) is 11.6 Å². The van der Waals surface area contributed by atoms with E-state index in [1.807, 2.05) is 35.2 Å². The second-order valence-corrected chi connectivity index (χ2v) is 6.32. The maximum atomic E-state index is 12.5. The number of hydrogen-bond acceptors (Lipinski definition) is 6. The quantitative estimate of drug-likeness (QED) is 0.710. The van der Waals surface area contributed by atoms with Crippen molar-refractivity contribution in [2.24, 2.45) is 0 Å². The van der Waals surface area contributed by atoms with Crippen molar-refractivity contribution < 1.29 is 9.53 Å². The standard InChI is InChI=1S/C20H19N5O2/c26-20(17-14-21-8-9-22-17)25-12-6-15(7-13-25)18-19(24-11-10-23-18)27-16-4-2-1-3-5-16/h1-5,8-11,14-15H,6-7,12-13H2. The molecule has 1 aliphatic heterocycles. The Bertz CT molecular complexity index is 897. The summed E-state index contributed by atoms with van der Waals surface area (Å²) in [6, 6.07) is 9.55. The van der Waals surface area contributed by atoms with Crippen molar-refractivity contribution >= 4 is 5.91 Å². The second-order valence-electron chi connectivity index (χ2n) is 6.32. The molecular weight excluding hydrogens is 342 g/mol. The maximum absolute atomic E-state index is 12.5. The summed E-state index contributed by atoms with van der Waals surface area (Å²) in [5.41, 5.74) is 1.22. The van der Waals surface area contributed by atoms with Gasteiger partial charge in [-0.2, -0.15) is 0 Å². The molecule has 0 aliphatic carbocycles. The molecule has 136 valence electrons. The summed E-state index contributed by atoms with van der Waals surface area (Å²) in [7, 11) is 0. The van der Waals surface area contributed by atoms with Crippen molar-refractivity contribution in [1.82, 2.24) is 24.8 Å². The molecule has 3 heterocycles. The summed E-state index contributed by atoms with van der Waals surface area (Å²) < 4.78 is 5.93. The zero-order valence-corrected chi connectivity index (χ0v) is 14.7. The van der Waals surface area contributed by atoms with Gasteiger partial charge in [0.25, 0.3) is 5.91 Å². The van der Waals surface area contributed by atoms with Gasteiger partial charge in [0.05, 0.1) is 6.20 Å². The van der Waals surface area contributed by atoms with E-state index in [0.717, 1.165) is 24.3 Å². The van der Waals surface area contributed by atoms with Crippen LogP contribution in [0.3, 0.4) is 0 Å². The minimum atomic E-state index is -0.0820. The normalized spacial score (nSPS) is 14.7. The van der Waals surface area contributed by atoms with Crippen molar-refractivity contribution in [3.8, 4) is 11.6 Å². The SMILES string of the molecule is O=C(c1cnccn1)N1CCC(c2nccnc2Oc2ccccc2)CC1. The minimum Gasteiger partial charge on any atom is -0.437 e. The van der Waals surface area contributed by atoms with E-state index in [-0.39, 0.29) is 11.8 Å². The number of para-hydroxylation sites is 1. The van der Waals surface area contributed by atoms with E-state index in [2.05, 4.69) is 19.9 Å². The Morgan fingerprint density at radius 3 is 2.44 bits per heavy atom. The summed E-state index contributed by atoms with van der Waals surface area (Å²) in [4.78, 5) is 31.3. The highest BCUT2D eigenvalue weighted by Crippen LogP contribution is 2.33. The molecule has 1 fully saturated rings. The lowest BCUT2D eigenvalue weighted by Gasteiger charge is -2.31. The molecule has 2 aromatic heterocycles. The first-order chi connectivity index (χ1) is 13.3. The van der Waals surface area contributed by atoms with Crippen molar-refractivity contribution in [3.63, 3.8) is 0 Å². The number of likely N-dealkylation sites (tertiary alicyclic amines) is 1. The van der Waals surface area contributed by atoms with Gasteiger partial charge in [0.1, 0.15) is 17.1 Å². The highest BCUT2D eigenvalue weighted by atomic mass is 16.5. The Morgan fingerprint density at radius 1 is 0.963 bits per heavy atom. The van der Waals surface area contributed by atoms with E-state index >= 15 is 0 Å². The van der Waals surface area contributed by atoms with Crippen LogP contribution in [0.4, 0.5) is 0 Å². The number of piperidine rings is 1. The predicted octanol–water partition coefficient (Wildman–Crippen LogP) is 3.08. The monoisotopic (exact) mass is 361 g/mol. The van der Waals surface area contributed by atoms with Crippen LogP contribution in [-0.2, 0) is 0 Å². The lowest BCUT2D eigenvalue weighted by molar-refractivity contribution is 0.0705. The number of hydrogen-bond donors (Lipinski definition) is 0. The van der Waals surface area contributed by atoms with Gasteiger partial charge in [-0.15, -0.1) is 0 Å². The molecule has 0 saturated carbocycles. The van der Waals surface area contributed by atoms with Crippen LogP contribution in [-0.4, -0.2) is 43.8 Å². The van der Waals surface area contributed by atoms with Crippen LogP contribution in [0.25, 0.3) is 0 Å². The van der Waals surface area contributed by atoms with Gasteiger partial charge in [-0.1, -0.05) is 18.2 Å². The largest absolute Gasteiger partial charge is 0.437 e. The van der Waals surface area contributed by atoms with Crippen LogP contribution < -0.4 is 4.74 Å². The number of carbonyl (C=O) groups excluding carboxylic acids is 1. The van der Waals surface area contributed by atoms with Gasteiger partial charge >= 0.3 is 0 Å². The minimum absolute atomic E-state index is 0.0820. The molecular formula is C20H19N5O2.